The molecule has 0 radical (unpaired) electrons. The van der Waals surface area contributed by atoms with Gasteiger partial charge < -0.3 is 85.7 Å². The van der Waals surface area contributed by atoms with Crippen LogP contribution in [0.2, 0.25) is 0 Å². The number of carbonyl (C=O) groups is 15. The Balaban J connectivity index is 3.40. The minimum Gasteiger partial charge on any atom is -0.481 e. The highest BCUT2D eigenvalue weighted by molar-refractivity contribution is 7.80. The summed E-state index contributed by atoms with van der Waals surface area (Å²) in [5, 5.41) is 46.7. The highest BCUT2D eigenvalue weighted by Gasteiger charge is 2.41. The first-order chi connectivity index (χ1) is 34.5. The van der Waals surface area contributed by atoms with Crippen LogP contribution in [0.1, 0.15) is 91.4 Å². The summed E-state index contributed by atoms with van der Waals surface area (Å²) in [6, 6.07) is -14.5. The van der Waals surface area contributed by atoms with Gasteiger partial charge in [0.2, 0.25) is 76.8 Å². The van der Waals surface area contributed by atoms with Crippen LogP contribution in [0.5, 0.6) is 0 Å². The first-order valence-corrected chi connectivity index (χ1v) is 23.7. The number of carbonyl (C=O) groups excluding carboxylic acids is 13. The molecule has 0 aromatic heterocycles. The average Bonchev–Trinajstić information content (AvgIpc) is 3.80. The Bertz CT molecular complexity index is 2130. The summed E-state index contributed by atoms with van der Waals surface area (Å²) in [4.78, 5) is 191. The van der Waals surface area contributed by atoms with Crippen molar-refractivity contribution in [3.05, 3.63) is 0 Å². The van der Waals surface area contributed by atoms with Crippen LogP contribution in [0, 0.1) is 5.92 Å². The molecule has 9 atom stereocenters. The molecule has 19 N–H and O–H groups in total. The van der Waals surface area contributed by atoms with Gasteiger partial charge in [0.1, 0.15) is 54.4 Å². The topological polar surface area (TPSA) is 520 Å². The van der Waals surface area contributed by atoms with Crippen molar-refractivity contribution in [2.75, 3.05) is 18.9 Å². The molecule has 414 valence electrons. The molecular weight excluding hydrogens is 1010 g/mol. The minimum atomic E-state index is -1.92. The van der Waals surface area contributed by atoms with Crippen LogP contribution < -0.4 is 65.5 Å². The number of hydrogen-bond acceptors (Lipinski definition) is 17. The summed E-state index contributed by atoms with van der Waals surface area (Å²) in [6.07, 6.45) is -5.07. The zero-order chi connectivity index (χ0) is 56.6. The quantitative estimate of drug-likeness (QED) is 0.0266. The van der Waals surface area contributed by atoms with E-state index in [9.17, 15) is 87.2 Å². The number of nitrogens with zero attached hydrogens (tertiary/aromatic N) is 1. The van der Waals surface area contributed by atoms with Gasteiger partial charge in [-0.05, 0) is 44.4 Å². The van der Waals surface area contributed by atoms with E-state index >= 15 is 0 Å². The molecule has 1 rings (SSSR count). The van der Waals surface area contributed by atoms with Crippen molar-refractivity contribution in [1.29, 1.82) is 0 Å². The van der Waals surface area contributed by atoms with E-state index in [0.717, 1.165) is 11.8 Å². The molecule has 31 nitrogen and oxygen atoms in total. The fourth-order valence-corrected chi connectivity index (χ4v) is 7.39. The Morgan fingerprint density at radius 1 is 0.541 bits per heavy atom. The molecule has 0 aromatic rings. The van der Waals surface area contributed by atoms with Crippen molar-refractivity contribution in [3.63, 3.8) is 0 Å². The Morgan fingerprint density at radius 2 is 0.973 bits per heavy atom. The number of carboxylic acid groups (broad SMARTS) is 2. The first-order valence-electron chi connectivity index (χ1n) is 23.0. The van der Waals surface area contributed by atoms with Gasteiger partial charge in [0.15, 0.2) is 0 Å². The lowest BCUT2D eigenvalue weighted by molar-refractivity contribution is -0.143. The molecule has 1 heterocycles. The predicted molar refractivity (Wildman–Crippen MR) is 255 cm³/mol. The van der Waals surface area contributed by atoms with Gasteiger partial charge in [-0.15, -0.1) is 0 Å². The number of rotatable bonds is 34. The third-order valence-corrected chi connectivity index (χ3v) is 11.4. The molecule has 0 bridgehead atoms. The monoisotopic (exact) mass is 1070 g/mol. The molecular formula is C42H67N13O18S. The van der Waals surface area contributed by atoms with E-state index in [1.807, 2.05) is 5.32 Å². The van der Waals surface area contributed by atoms with Crippen LogP contribution in [0.4, 0.5) is 0 Å². The molecule has 0 unspecified atom stereocenters. The summed E-state index contributed by atoms with van der Waals surface area (Å²) < 4.78 is 0. The molecule has 74 heavy (non-hydrogen) atoms. The van der Waals surface area contributed by atoms with Crippen LogP contribution in [-0.4, -0.2) is 182 Å². The average molecular weight is 1070 g/mol. The van der Waals surface area contributed by atoms with Crippen LogP contribution in [0.25, 0.3) is 0 Å². The summed E-state index contributed by atoms with van der Waals surface area (Å²) in [6.45, 7) is 3.32. The maximum absolute atomic E-state index is 14.1. The van der Waals surface area contributed by atoms with Crippen LogP contribution in [0.3, 0.4) is 0 Å². The maximum Gasteiger partial charge on any atom is 0.326 e. The first kappa shape index (κ1) is 64.4. The van der Waals surface area contributed by atoms with E-state index in [0.29, 0.717) is 0 Å². The number of hydrogen-bond donors (Lipinski definition) is 16. The summed E-state index contributed by atoms with van der Waals surface area (Å²) >= 11 is 4.15. The van der Waals surface area contributed by atoms with Crippen molar-refractivity contribution in [3.8, 4) is 0 Å². The smallest absolute Gasteiger partial charge is 0.326 e. The highest BCUT2D eigenvalue weighted by Crippen LogP contribution is 2.21. The second-order valence-corrected chi connectivity index (χ2v) is 17.7. The highest BCUT2D eigenvalue weighted by atomic mass is 32.1. The van der Waals surface area contributed by atoms with Gasteiger partial charge >= 0.3 is 11.9 Å². The van der Waals surface area contributed by atoms with Crippen molar-refractivity contribution in [2.45, 2.75) is 146 Å². The number of nitrogens with two attached hydrogens (primary N) is 4. The molecule has 0 saturated carbocycles. The number of aliphatic hydroxyl groups excluding tert-OH is 1. The van der Waals surface area contributed by atoms with Gasteiger partial charge in [-0.1, -0.05) is 13.8 Å². The largest absolute Gasteiger partial charge is 0.481 e. The molecule has 32 heteroatoms. The van der Waals surface area contributed by atoms with E-state index in [1.54, 1.807) is 13.8 Å². The zero-order valence-electron chi connectivity index (χ0n) is 40.8. The van der Waals surface area contributed by atoms with Crippen molar-refractivity contribution < 1.29 is 87.2 Å². The second-order valence-electron chi connectivity index (χ2n) is 17.4. The van der Waals surface area contributed by atoms with E-state index in [2.05, 4.69) is 49.8 Å². The van der Waals surface area contributed by atoms with Crippen LogP contribution in [-0.2, 0) is 71.9 Å². The standard InChI is InChI=1S/C42H67N13O18S/c1-18(2)33(54-37(67)25(16-56)47-19(3)57)40(70)50-22(7-11-29(44)59)41(71)55-14-4-5-27(55)39(69)53-26(17-74)38(68)49-20(6-10-28(43)58)34(64)48-21(9-13-32(62)63)35(65)52-24(15-31(46)61)36(66)51-23(42(72)73)8-12-30(45)60/h18,20-27,33,56,74H,4-17H2,1-3H3,(H2,43,58)(H2,44,59)(H2,45,60)(H2,46,61)(H,47,57)(H,48,64)(H,49,68)(H,50,70)(H,51,66)(H,52,65)(H,53,69)(H,54,67)(H,62,63)(H,72,73)/t20-,21-,22-,23-,24-,25-,26-,27-,33-/m0/s1. The fraction of sp³-hybridized carbons (Fsp3) is 0.643. The lowest BCUT2D eigenvalue weighted by Crippen LogP contribution is -2.61. The normalized spacial score (nSPS) is 16.2. The minimum absolute atomic E-state index is 0.0200. The maximum atomic E-state index is 14.1. The summed E-state index contributed by atoms with van der Waals surface area (Å²) in [5.74, 6) is -17.3. The Morgan fingerprint density at radius 3 is 1.42 bits per heavy atom. The van der Waals surface area contributed by atoms with E-state index in [4.69, 9.17) is 22.9 Å². The molecule has 1 aliphatic rings. The lowest BCUT2D eigenvalue weighted by Gasteiger charge is -2.31. The zero-order valence-corrected chi connectivity index (χ0v) is 41.7. The van der Waals surface area contributed by atoms with Crippen molar-refractivity contribution >= 4 is 101 Å². The Labute approximate surface area is 428 Å². The van der Waals surface area contributed by atoms with E-state index in [1.165, 1.54) is 0 Å². The number of primary amides is 4. The summed E-state index contributed by atoms with van der Waals surface area (Å²) in [5.41, 5.74) is 20.9. The molecule has 0 aliphatic carbocycles. The third kappa shape index (κ3) is 22.8. The SMILES string of the molecule is CC(=O)N[C@@H](CO)C(=O)N[C@H](C(=O)N[C@@H](CCC(N)=O)C(=O)N1CCC[C@H]1C(=O)N[C@@H](CS)C(=O)N[C@@H](CCC(N)=O)C(=O)N[C@@H](CCC(=O)O)C(=O)N[C@@H](CC(N)=O)C(=O)N[C@@H](CCC(N)=O)C(=O)O)C(C)C. The van der Waals surface area contributed by atoms with Gasteiger partial charge in [0, 0.05) is 44.9 Å². The van der Waals surface area contributed by atoms with Crippen LogP contribution >= 0.6 is 12.6 Å². The number of nitrogens with one attached hydrogen (secondary N) is 8. The van der Waals surface area contributed by atoms with Gasteiger partial charge in [0.25, 0.3) is 0 Å². The molecule has 1 fully saturated rings. The molecule has 0 spiro atoms. The lowest BCUT2D eigenvalue weighted by atomic mass is 10.0. The van der Waals surface area contributed by atoms with Gasteiger partial charge in [-0.25, -0.2) is 4.79 Å². The second kappa shape index (κ2) is 31.7. The molecule has 0 aromatic carbocycles. The predicted octanol–water partition coefficient (Wildman–Crippen LogP) is -7.92. The van der Waals surface area contributed by atoms with Gasteiger partial charge in [0.05, 0.1) is 13.0 Å². The van der Waals surface area contributed by atoms with E-state index in [-0.39, 0.29) is 25.8 Å². The van der Waals surface area contributed by atoms with Crippen LogP contribution in [0.15, 0.2) is 0 Å². The molecule has 13 amide bonds. The fourth-order valence-electron chi connectivity index (χ4n) is 7.13. The van der Waals surface area contributed by atoms with Gasteiger partial charge in [-0.3, -0.25) is 67.1 Å². The molecule has 1 aliphatic heterocycles. The number of thiol groups is 1. The molecule has 1 saturated heterocycles. The summed E-state index contributed by atoms with van der Waals surface area (Å²) in [7, 11) is 0. The Kier molecular flexibility index (Phi) is 27.6. The van der Waals surface area contributed by atoms with Gasteiger partial charge in [-0.2, -0.15) is 12.6 Å². The van der Waals surface area contributed by atoms with Crippen molar-refractivity contribution in [1.82, 2.24) is 47.4 Å². The number of amides is 13. The number of aliphatic hydroxyl groups is 1. The van der Waals surface area contributed by atoms with E-state index < -0.39 is 213 Å². The van der Waals surface area contributed by atoms with Crippen molar-refractivity contribution in [2.24, 2.45) is 28.9 Å². The number of aliphatic carboxylic acids is 2. The number of carboxylic acids is 2. The number of likely N-dealkylation sites (tertiary alicyclic amines) is 1. The third-order valence-electron chi connectivity index (χ3n) is 11.0. The Hall–Kier alpha value is -7.64.